The van der Waals surface area contributed by atoms with Gasteiger partial charge in [-0.1, -0.05) is 13.0 Å². The first-order chi connectivity index (χ1) is 15.4. The highest BCUT2D eigenvalue weighted by Gasteiger charge is 2.32. The number of ether oxygens (including phenoxy) is 1. The van der Waals surface area contributed by atoms with E-state index in [9.17, 15) is 14.4 Å². The quantitative estimate of drug-likeness (QED) is 0.295. The lowest BCUT2D eigenvalue weighted by Crippen LogP contribution is -2.43. The second kappa shape index (κ2) is 8.49. The average Bonchev–Trinajstić information content (AvgIpc) is 3.16. The summed E-state index contributed by atoms with van der Waals surface area (Å²) in [6, 6.07) is 5.25. The van der Waals surface area contributed by atoms with Gasteiger partial charge in [-0.25, -0.2) is 9.78 Å². The van der Waals surface area contributed by atoms with Crippen molar-refractivity contribution >= 4 is 45.9 Å². The third kappa shape index (κ3) is 3.86. The molecule has 3 heterocycles. The van der Waals surface area contributed by atoms with Gasteiger partial charge in [0.2, 0.25) is 6.41 Å². The van der Waals surface area contributed by atoms with Crippen LogP contribution >= 0.6 is 0 Å². The number of piperidine rings is 1. The molecule has 4 N–H and O–H groups in total. The van der Waals surface area contributed by atoms with Gasteiger partial charge in [-0.2, -0.15) is 0 Å². The molecule has 2 aromatic heterocycles. The molecule has 0 radical (unpaired) electrons. The fourth-order valence-corrected chi connectivity index (χ4v) is 4.69. The van der Waals surface area contributed by atoms with Gasteiger partial charge in [-0.3, -0.25) is 9.59 Å². The normalized spacial score (nSPS) is 18.6. The lowest BCUT2D eigenvalue weighted by atomic mass is 9.79. The number of nitrogens with two attached hydrogens (primary N) is 1. The lowest BCUT2D eigenvalue weighted by molar-refractivity contribution is -0.109. The standard InChI is InChI=1S/C23H27N5O4/c1-23(7-8-25-13-29)6-3-9-28(12-23)21-18-15-5-4-14(22(31)32-2)10-17(15)27-19(18)16(11-26-21)20(24)30/h4-5,10-11,13,27H,3,6-9,12H2,1-2H3,(H2,24,30)(H,25,29). The van der Waals surface area contributed by atoms with Crippen LogP contribution in [0, 0.1) is 5.41 Å². The van der Waals surface area contributed by atoms with Gasteiger partial charge in [0.1, 0.15) is 5.82 Å². The van der Waals surface area contributed by atoms with Crippen molar-refractivity contribution < 1.29 is 19.1 Å². The number of hydrogen-bond donors (Lipinski definition) is 3. The zero-order chi connectivity index (χ0) is 22.9. The minimum Gasteiger partial charge on any atom is -0.465 e. The minimum atomic E-state index is -0.572. The van der Waals surface area contributed by atoms with Gasteiger partial charge >= 0.3 is 5.97 Å². The van der Waals surface area contributed by atoms with Crippen LogP contribution in [0.3, 0.4) is 0 Å². The van der Waals surface area contributed by atoms with Crippen LogP contribution in [0.4, 0.5) is 5.82 Å². The van der Waals surface area contributed by atoms with Crippen LogP contribution < -0.4 is 16.0 Å². The zero-order valence-electron chi connectivity index (χ0n) is 18.2. The van der Waals surface area contributed by atoms with Crippen molar-refractivity contribution in [2.75, 3.05) is 31.6 Å². The van der Waals surface area contributed by atoms with Crippen LogP contribution in [0.15, 0.2) is 24.4 Å². The van der Waals surface area contributed by atoms with Crippen LogP contribution in [0.2, 0.25) is 0 Å². The van der Waals surface area contributed by atoms with E-state index in [1.165, 1.54) is 13.3 Å². The molecule has 1 atom stereocenters. The van der Waals surface area contributed by atoms with Crippen LogP contribution in [0.1, 0.15) is 46.9 Å². The molecule has 1 unspecified atom stereocenters. The molecule has 2 amide bonds. The summed E-state index contributed by atoms with van der Waals surface area (Å²) in [6.45, 7) is 4.46. The molecule has 4 rings (SSSR count). The number of carbonyl (C=O) groups is 3. The number of H-pyrrole nitrogens is 1. The number of nitrogens with one attached hydrogen (secondary N) is 2. The number of aromatic nitrogens is 2. The van der Waals surface area contributed by atoms with Crippen molar-refractivity contribution in [2.24, 2.45) is 11.1 Å². The van der Waals surface area contributed by atoms with Gasteiger partial charge < -0.3 is 25.7 Å². The van der Waals surface area contributed by atoms with Crippen molar-refractivity contribution in [3.05, 3.63) is 35.5 Å². The summed E-state index contributed by atoms with van der Waals surface area (Å²) in [5, 5.41) is 4.42. The summed E-state index contributed by atoms with van der Waals surface area (Å²) in [6.07, 6.45) is 5.15. The van der Waals surface area contributed by atoms with Gasteiger partial charge in [0.05, 0.1) is 29.1 Å². The van der Waals surface area contributed by atoms with Crippen LogP contribution in [0.5, 0.6) is 0 Å². The maximum atomic E-state index is 12.1. The number of aromatic amines is 1. The number of methoxy groups -OCH3 is 1. The Hall–Kier alpha value is -3.62. The van der Waals surface area contributed by atoms with Gasteiger partial charge in [-0.15, -0.1) is 0 Å². The second-order valence-electron chi connectivity index (χ2n) is 8.64. The number of nitrogens with zero attached hydrogens (tertiary/aromatic N) is 2. The van der Waals surface area contributed by atoms with Crippen molar-refractivity contribution in [1.82, 2.24) is 15.3 Å². The molecule has 0 aliphatic carbocycles. The highest BCUT2D eigenvalue weighted by molar-refractivity contribution is 6.19. The summed E-state index contributed by atoms with van der Waals surface area (Å²) in [5.41, 5.74) is 7.66. The molecule has 9 heteroatoms. The number of rotatable bonds is 7. The first-order valence-corrected chi connectivity index (χ1v) is 10.6. The van der Waals surface area contributed by atoms with E-state index in [1.54, 1.807) is 12.1 Å². The number of fused-ring (bicyclic) bond motifs is 3. The largest absolute Gasteiger partial charge is 0.465 e. The number of carbonyl (C=O) groups excluding carboxylic acids is 3. The fourth-order valence-electron chi connectivity index (χ4n) is 4.69. The number of primary amides is 1. The number of benzene rings is 1. The van der Waals surface area contributed by atoms with E-state index in [-0.39, 0.29) is 5.41 Å². The summed E-state index contributed by atoms with van der Waals surface area (Å²) in [7, 11) is 1.34. The summed E-state index contributed by atoms with van der Waals surface area (Å²) in [4.78, 5) is 44.9. The highest BCUT2D eigenvalue weighted by atomic mass is 16.5. The fraction of sp³-hybridized carbons (Fsp3) is 0.391. The van der Waals surface area contributed by atoms with E-state index >= 15 is 0 Å². The zero-order valence-corrected chi connectivity index (χ0v) is 18.2. The van der Waals surface area contributed by atoms with E-state index in [0.717, 1.165) is 55.4 Å². The van der Waals surface area contributed by atoms with Gasteiger partial charge in [0.25, 0.3) is 5.91 Å². The predicted octanol–water partition coefficient (Wildman–Crippen LogP) is 2.34. The van der Waals surface area contributed by atoms with E-state index in [2.05, 4.69) is 27.1 Å². The Morgan fingerprint density at radius 3 is 2.94 bits per heavy atom. The first-order valence-electron chi connectivity index (χ1n) is 10.6. The Morgan fingerprint density at radius 2 is 2.22 bits per heavy atom. The molecule has 1 aromatic carbocycles. The topological polar surface area (TPSA) is 130 Å². The third-order valence-corrected chi connectivity index (χ3v) is 6.33. The molecule has 0 spiro atoms. The highest BCUT2D eigenvalue weighted by Crippen LogP contribution is 2.39. The number of amides is 2. The van der Waals surface area contributed by atoms with Crippen molar-refractivity contribution in [2.45, 2.75) is 26.2 Å². The Kier molecular flexibility index (Phi) is 5.73. The molecule has 32 heavy (non-hydrogen) atoms. The summed E-state index contributed by atoms with van der Waals surface area (Å²) >= 11 is 0. The molecule has 168 valence electrons. The van der Waals surface area contributed by atoms with E-state index in [4.69, 9.17) is 10.5 Å². The number of hydrogen-bond acceptors (Lipinski definition) is 6. The lowest BCUT2D eigenvalue weighted by Gasteiger charge is -2.41. The van der Waals surface area contributed by atoms with Crippen LogP contribution in [-0.2, 0) is 9.53 Å². The Morgan fingerprint density at radius 1 is 1.41 bits per heavy atom. The molecule has 3 aromatic rings. The monoisotopic (exact) mass is 437 g/mol. The van der Waals surface area contributed by atoms with Gasteiger partial charge in [0.15, 0.2) is 0 Å². The molecular weight excluding hydrogens is 410 g/mol. The number of esters is 1. The van der Waals surface area contributed by atoms with Crippen molar-refractivity contribution in [3.8, 4) is 0 Å². The molecular formula is C23H27N5O4. The maximum absolute atomic E-state index is 12.1. The van der Waals surface area contributed by atoms with Crippen LogP contribution in [-0.4, -0.2) is 55.0 Å². The van der Waals surface area contributed by atoms with Gasteiger partial charge in [-0.05, 0) is 36.8 Å². The molecule has 1 saturated heterocycles. The minimum absolute atomic E-state index is 0.0226. The predicted molar refractivity (Wildman–Crippen MR) is 122 cm³/mol. The molecule has 1 aliphatic rings. The SMILES string of the molecule is COC(=O)c1ccc2c(c1)[nH]c1c(C(N)=O)cnc(N3CCCC(C)(CCNC=O)C3)c12. The second-order valence-corrected chi connectivity index (χ2v) is 8.64. The first kappa shape index (κ1) is 21.6. The molecule has 1 aliphatic heterocycles. The van der Waals surface area contributed by atoms with E-state index in [1.807, 2.05) is 6.07 Å². The van der Waals surface area contributed by atoms with Crippen molar-refractivity contribution in [1.29, 1.82) is 0 Å². The number of anilines is 1. The van der Waals surface area contributed by atoms with Crippen molar-refractivity contribution in [3.63, 3.8) is 0 Å². The van der Waals surface area contributed by atoms with E-state index in [0.29, 0.717) is 28.7 Å². The van der Waals surface area contributed by atoms with Gasteiger partial charge in [0, 0.05) is 36.7 Å². The van der Waals surface area contributed by atoms with Crippen LogP contribution in [0.25, 0.3) is 21.8 Å². The third-order valence-electron chi connectivity index (χ3n) is 6.33. The number of pyridine rings is 1. The smallest absolute Gasteiger partial charge is 0.337 e. The summed E-state index contributed by atoms with van der Waals surface area (Å²) in [5.74, 6) is -0.233. The molecule has 9 nitrogen and oxygen atoms in total. The summed E-state index contributed by atoms with van der Waals surface area (Å²) < 4.78 is 4.83. The Bertz CT molecular complexity index is 1200. The molecule has 1 fully saturated rings. The molecule has 0 bridgehead atoms. The Labute approximate surface area is 185 Å². The van der Waals surface area contributed by atoms with E-state index < -0.39 is 11.9 Å². The molecule has 0 saturated carbocycles. The Balaban J connectivity index is 1.82. The average molecular weight is 438 g/mol. The maximum Gasteiger partial charge on any atom is 0.337 e.